The molecule has 0 unspecified atom stereocenters. The van der Waals surface area contributed by atoms with E-state index in [4.69, 9.17) is 16.7 Å². The molecule has 66 valence electrons. The van der Waals surface area contributed by atoms with Gasteiger partial charge in [0.15, 0.2) is 0 Å². The van der Waals surface area contributed by atoms with Crippen molar-refractivity contribution in [2.45, 2.75) is 0 Å². The number of nitrogens with zero attached hydrogens (tertiary/aromatic N) is 1. The average molecular weight is 198 g/mol. The Morgan fingerprint density at radius 3 is 2.77 bits per heavy atom. The van der Waals surface area contributed by atoms with Gasteiger partial charge in [0.1, 0.15) is 5.82 Å². The second-order valence-electron chi connectivity index (χ2n) is 2.66. The van der Waals surface area contributed by atoms with Crippen LogP contribution in [0.25, 0.3) is 10.8 Å². The van der Waals surface area contributed by atoms with E-state index in [2.05, 4.69) is 4.98 Å². The Balaban J connectivity index is 2.81. The molecule has 1 N–H and O–H groups in total. The fourth-order valence-electron chi connectivity index (χ4n) is 1.13. The summed E-state index contributed by atoms with van der Waals surface area (Å²) >= 11 is 5.56. The molecule has 0 aliphatic heterocycles. The van der Waals surface area contributed by atoms with Crippen molar-refractivity contribution in [2.24, 2.45) is 0 Å². The summed E-state index contributed by atoms with van der Waals surface area (Å²) in [6, 6.07) is 4.12. The van der Waals surface area contributed by atoms with Gasteiger partial charge in [0, 0.05) is 17.6 Å². The van der Waals surface area contributed by atoms with Crippen molar-refractivity contribution >= 4 is 22.4 Å². The summed E-state index contributed by atoms with van der Waals surface area (Å²) in [4.78, 5) is 3.65. The number of rotatable bonds is 0. The highest BCUT2D eigenvalue weighted by atomic mass is 35.5. The Hall–Kier alpha value is -1.35. The van der Waals surface area contributed by atoms with Gasteiger partial charge in [-0.05, 0) is 17.5 Å². The first-order chi connectivity index (χ1) is 6.16. The number of hydrogen-bond donors (Lipinski definition) is 1. The highest BCUT2D eigenvalue weighted by Gasteiger charge is 2.02. The van der Waals surface area contributed by atoms with Gasteiger partial charge in [0.2, 0.25) is 5.88 Å². The lowest BCUT2D eigenvalue weighted by atomic mass is 10.2. The predicted molar refractivity (Wildman–Crippen MR) is 48.4 cm³/mol. The second kappa shape index (κ2) is 2.85. The molecule has 1 aromatic carbocycles. The molecular weight excluding hydrogens is 193 g/mol. The van der Waals surface area contributed by atoms with Crippen LogP contribution in [0.4, 0.5) is 4.39 Å². The van der Waals surface area contributed by atoms with E-state index in [1.807, 2.05) is 0 Å². The number of fused-ring (bicyclic) bond motifs is 1. The smallest absolute Gasteiger partial charge is 0.211 e. The normalized spacial score (nSPS) is 10.6. The fraction of sp³-hybridized carbons (Fsp3) is 0. The summed E-state index contributed by atoms with van der Waals surface area (Å²) in [6.07, 6.45) is 1.44. The fourth-order valence-corrected chi connectivity index (χ4v) is 1.30. The number of hydrogen-bond acceptors (Lipinski definition) is 2. The SMILES string of the molecule is Oc1cc2cc(F)c(Cl)cc2cn1. The standard InChI is InChI=1S/C9H5ClFNO/c10-7-1-6-4-12-9(13)3-5(6)2-8(7)11/h1-4H,(H,12,13). The molecule has 0 spiro atoms. The van der Waals surface area contributed by atoms with Crippen LogP contribution >= 0.6 is 11.6 Å². The van der Waals surface area contributed by atoms with E-state index in [9.17, 15) is 4.39 Å². The van der Waals surface area contributed by atoms with Gasteiger partial charge in [-0.1, -0.05) is 11.6 Å². The van der Waals surface area contributed by atoms with Crippen molar-refractivity contribution in [3.8, 4) is 5.88 Å². The molecule has 0 aliphatic rings. The van der Waals surface area contributed by atoms with Crippen molar-refractivity contribution < 1.29 is 9.50 Å². The number of aromatic nitrogens is 1. The lowest BCUT2D eigenvalue weighted by Gasteiger charge is -1.99. The summed E-state index contributed by atoms with van der Waals surface area (Å²) in [5.41, 5.74) is 0. The van der Waals surface area contributed by atoms with Gasteiger partial charge in [-0.15, -0.1) is 0 Å². The van der Waals surface area contributed by atoms with Crippen molar-refractivity contribution in [3.05, 3.63) is 35.2 Å². The van der Waals surface area contributed by atoms with Gasteiger partial charge in [0.05, 0.1) is 5.02 Å². The summed E-state index contributed by atoms with van der Waals surface area (Å²) < 4.78 is 12.9. The van der Waals surface area contributed by atoms with Gasteiger partial charge in [-0.2, -0.15) is 0 Å². The van der Waals surface area contributed by atoms with Crippen LogP contribution < -0.4 is 0 Å². The van der Waals surface area contributed by atoms with E-state index < -0.39 is 5.82 Å². The van der Waals surface area contributed by atoms with E-state index in [0.29, 0.717) is 10.8 Å². The minimum absolute atomic E-state index is 0.0555. The second-order valence-corrected chi connectivity index (χ2v) is 3.06. The largest absolute Gasteiger partial charge is 0.493 e. The Morgan fingerprint density at radius 2 is 2.00 bits per heavy atom. The molecule has 4 heteroatoms. The zero-order valence-corrected chi connectivity index (χ0v) is 7.22. The van der Waals surface area contributed by atoms with Crippen molar-refractivity contribution in [1.82, 2.24) is 4.98 Å². The van der Waals surface area contributed by atoms with E-state index in [-0.39, 0.29) is 10.9 Å². The first-order valence-electron chi connectivity index (χ1n) is 3.60. The molecule has 1 heterocycles. The van der Waals surface area contributed by atoms with Gasteiger partial charge < -0.3 is 5.11 Å². The molecule has 1 aromatic heterocycles. The topological polar surface area (TPSA) is 33.1 Å². The lowest BCUT2D eigenvalue weighted by molar-refractivity contribution is 0.454. The minimum atomic E-state index is -0.500. The molecular formula is C9H5ClFNO. The maximum Gasteiger partial charge on any atom is 0.211 e. The molecule has 0 aliphatic carbocycles. The molecule has 2 nitrogen and oxygen atoms in total. The number of pyridine rings is 1. The molecule has 0 atom stereocenters. The molecule has 0 radical (unpaired) electrons. The third-order valence-corrected chi connectivity index (χ3v) is 2.04. The van der Waals surface area contributed by atoms with Crippen molar-refractivity contribution in [2.75, 3.05) is 0 Å². The highest BCUT2D eigenvalue weighted by molar-refractivity contribution is 6.31. The van der Waals surface area contributed by atoms with Crippen molar-refractivity contribution in [3.63, 3.8) is 0 Å². The third-order valence-electron chi connectivity index (χ3n) is 1.75. The molecule has 0 bridgehead atoms. The van der Waals surface area contributed by atoms with E-state index in [0.717, 1.165) is 0 Å². The molecule has 0 saturated heterocycles. The molecule has 13 heavy (non-hydrogen) atoms. The zero-order chi connectivity index (χ0) is 9.42. The number of aromatic hydroxyl groups is 1. The van der Waals surface area contributed by atoms with Crippen LogP contribution in [-0.2, 0) is 0 Å². The zero-order valence-electron chi connectivity index (χ0n) is 6.46. The number of benzene rings is 1. The summed E-state index contributed by atoms with van der Waals surface area (Å²) in [6.45, 7) is 0. The summed E-state index contributed by atoms with van der Waals surface area (Å²) in [5.74, 6) is -0.631. The quantitative estimate of drug-likeness (QED) is 0.705. The van der Waals surface area contributed by atoms with Crippen molar-refractivity contribution in [1.29, 1.82) is 0 Å². The highest BCUT2D eigenvalue weighted by Crippen LogP contribution is 2.23. The van der Waals surface area contributed by atoms with Crippen LogP contribution in [0.1, 0.15) is 0 Å². The Morgan fingerprint density at radius 1 is 1.23 bits per heavy atom. The van der Waals surface area contributed by atoms with Crippen LogP contribution in [0.2, 0.25) is 5.02 Å². The van der Waals surface area contributed by atoms with Crippen LogP contribution in [0.5, 0.6) is 5.88 Å². The van der Waals surface area contributed by atoms with Gasteiger partial charge in [-0.25, -0.2) is 9.37 Å². The maximum atomic E-state index is 12.9. The molecule has 2 rings (SSSR count). The Kier molecular flexibility index (Phi) is 1.81. The molecule has 2 aromatic rings. The molecule has 0 amide bonds. The molecule has 0 saturated carbocycles. The Bertz CT molecular complexity index is 472. The summed E-state index contributed by atoms with van der Waals surface area (Å²) in [7, 11) is 0. The van der Waals surface area contributed by atoms with Gasteiger partial charge >= 0.3 is 0 Å². The van der Waals surface area contributed by atoms with E-state index >= 15 is 0 Å². The monoisotopic (exact) mass is 197 g/mol. The lowest BCUT2D eigenvalue weighted by Crippen LogP contribution is -1.81. The van der Waals surface area contributed by atoms with Crippen LogP contribution in [-0.4, -0.2) is 10.1 Å². The van der Waals surface area contributed by atoms with Gasteiger partial charge in [-0.3, -0.25) is 0 Å². The first-order valence-corrected chi connectivity index (χ1v) is 3.98. The van der Waals surface area contributed by atoms with E-state index in [1.165, 1.54) is 24.4 Å². The van der Waals surface area contributed by atoms with Crippen LogP contribution in [0, 0.1) is 5.82 Å². The average Bonchev–Trinajstić information content (AvgIpc) is 2.08. The first kappa shape index (κ1) is 8.26. The van der Waals surface area contributed by atoms with Gasteiger partial charge in [0.25, 0.3) is 0 Å². The minimum Gasteiger partial charge on any atom is -0.493 e. The maximum absolute atomic E-state index is 12.9. The van der Waals surface area contributed by atoms with Crippen LogP contribution in [0.15, 0.2) is 24.4 Å². The van der Waals surface area contributed by atoms with Crippen LogP contribution in [0.3, 0.4) is 0 Å². The number of halogens is 2. The Labute approximate surface area is 78.6 Å². The molecule has 0 fully saturated rings. The third kappa shape index (κ3) is 1.42. The van der Waals surface area contributed by atoms with E-state index in [1.54, 1.807) is 0 Å². The summed E-state index contributed by atoms with van der Waals surface area (Å²) in [5, 5.41) is 10.4. The predicted octanol–water partition coefficient (Wildman–Crippen LogP) is 2.73.